The topological polar surface area (TPSA) is 26.0 Å². The third-order valence-electron chi connectivity index (χ3n) is 2.83. The average molecular weight is 286 g/mol. The molecule has 1 aliphatic rings. The van der Waals surface area contributed by atoms with Crippen LogP contribution in [0.4, 0.5) is 0 Å². The smallest absolute Gasteiger partial charge is 0.0202 e. The minimum Gasteiger partial charge on any atom is -0.326 e. The summed E-state index contributed by atoms with van der Waals surface area (Å²) < 4.78 is 1.13. The van der Waals surface area contributed by atoms with E-state index in [-0.39, 0.29) is 0 Å². The zero-order valence-corrected chi connectivity index (χ0v) is 11.1. The maximum Gasteiger partial charge on any atom is 0.0202 e. The van der Waals surface area contributed by atoms with Crippen molar-refractivity contribution in [3.63, 3.8) is 0 Å². The van der Waals surface area contributed by atoms with Gasteiger partial charge in [0, 0.05) is 15.8 Å². The van der Waals surface area contributed by atoms with Gasteiger partial charge >= 0.3 is 0 Å². The van der Waals surface area contributed by atoms with Crippen molar-refractivity contribution in [1.82, 2.24) is 0 Å². The van der Waals surface area contributed by atoms with E-state index in [9.17, 15) is 0 Å². The quantitative estimate of drug-likeness (QED) is 0.923. The fourth-order valence-electron chi connectivity index (χ4n) is 1.96. The van der Waals surface area contributed by atoms with Crippen LogP contribution in [-0.4, -0.2) is 17.0 Å². The Morgan fingerprint density at radius 2 is 2.13 bits per heavy atom. The lowest BCUT2D eigenvalue weighted by Crippen LogP contribution is -2.32. The maximum absolute atomic E-state index is 6.22. The average Bonchev–Trinajstić information content (AvgIpc) is 2.74. The molecule has 0 saturated carbocycles. The molecule has 1 aromatic rings. The molecule has 1 heterocycles. The Hall–Kier alpha value is 0.01000. The van der Waals surface area contributed by atoms with E-state index < -0.39 is 0 Å². The highest BCUT2D eigenvalue weighted by atomic mass is 79.9. The summed E-state index contributed by atoms with van der Waals surface area (Å²) in [5.74, 6) is 1.29. The first-order chi connectivity index (χ1) is 7.25. The summed E-state index contributed by atoms with van der Waals surface area (Å²) in [5, 5.41) is 0.675. The Bertz CT molecular complexity index is 306. The van der Waals surface area contributed by atoms with Gasteiger partial charge in [-0.3, -0.25) is 0 Å². The van der Waals surface area contributed by atoms with Gasteiger partial charge in [-0.05, 0) is 42.7 Å². The Morgan fingerprint density at radius 1 is 1.40 bits per heavy atom. The van der Waals surface area contributed by atoms with Crippen LogP contribution in [0.25, 0.3) is 0 Å². The van der Waals surface area contributed by atoms with Crippen LogP contribution >= 0.6 is 27.7 Å². The Labute approximate surface area is 104 Å². The van der Waals surface area contributed by atoms with Crippen LogP contribution in [0.5, 0.6) is 0 Å². The fraction of sp³-hybridized carbons (Fsp3) is 0.500. The molecule has 0 radical (unpaired) electrons. The van der Waals surface area contributed by atoms with Gasteiger partial charge in [0.2, 0.25) is 0 Å². The van der Waals surface area contributed by atoms with Gasteiger partial charge in [0.25, 0.3) is 0 Å². The van der Waals surface area contributed by atoms with Gasteiger partial charge < -0.3 is 5.73 Å². The Morgan fingerprint density at radius 3 is 2.73 bits per heavy atom. The lowest BCUT2D eigenvalue weighted by Gasteiger charge is -2.18. The van der Waals surface area contributed by atoms with Crippen molar-refractivity contribution in [3.05, 3.63) is 34.3 Å². The molecule has 2 rings (SSSR count). The molecule has 2 atom stereocenters. The van der Waals surface area contributed by atoms with Crippen LogP contribution in [-0.2, 0) is 6.42 Å². The largest absolute Gasteiger partial charge is 0.326 e. The third kappa shape index (κ3) is 3.23. The standard InChI is InChI=1S/C12H16BrNS/c13-10-5-3-9(4-6-10)8-11(14)12-2-1-7-15-12/h3-6,11-12H,1-2,7-8,14H2. The van der Waals surface area contributed by atoms with Gasteiger partial charge in [-0.15, -0.1) is 0 Å². The molecule has 2 N–H and O–H groups in total. The molecule has 3 heteroatoms. The molecular formula is C12H16BrNS. The molecule has 15 heavy (non-hydrogen) atoms. The first-order valence-corrected chi connectivity index (χ1v) is 7.21. The summed E-state index contributed by atoms with van der Waals surface area (Å²) in [6.45, 7) is 0. The first kappa shape index (κ1) is 11.5. The minimum atomic E-state index is 0.318. The van der Waals surface area contributed by atoms with E-state index >= 15 is 0 Å². The van der Waals surface area contributed by atoms with Crippen LogP contribution in [0.2, 0.25) is 0 Å². The maximum atomic E-state index is 6.22. The molecule has 1 saturated heterocycles. The van der Waals surface area contributed by atoms with Gasteiger partial charge in [-0.2, -0.15) is 11.8 Å². The molecule has 0 aromatic heterocycles. The van der Waals surface area contributed by atoms with E-state index in [4.69, 9.17) is 5.73 Å². The molecule has 0 spiro atoms. The van der Waals surface area contributed by atoms with Crippen molar-refractivity contribution in [2.24, 2.45) is 5.73 Å². The number of benzene rings is 1. The van der Waals surface area contributed by atoms with Crippen LogP contribution in [0, 0.1) is 0 Å². The second kappa shape index (κ2) is 5.37. The van der Waals surface area contributed by atoms with Gasteiger partial charge in [0.05, 0.1) is 0 Å². The number of rotatable bonds is 3. The fourth-order valence-corrected chi connectivity index (χ4v) is 3.54. The zero-order valence-electron chi connectivity index (χ0n) is 8.66. The number of halogens is 1. The van der Waals surface area contributed by atoms with Gasteiger partial charge in [0.15, 0.2) is 0 Å². The molecule has 0 amide bonds. The summed E-state index contributed by atoms with van der Waals surface area (Å²) in [5.41, 5.74) is 7.56. The molecule has 82 valence electrons. The molecule has 0 aliphatic carbocycles. The molecule has 1 nitrogen and oxygen atoms in total. The number of nitrogens with two attached hydrogens (primary N) is 1. The highest BCUT2D eigenvalue weighted by Crippen LogP contribution is 2.29. The highest BCUT2D eigenvalue weighted by molar-refractivity contribution is 9.10. The van der Waals surface area contributed by atoms with E-state index in [0.717, 1.165) is 10.9 Å². The monoisotopic (exact) mass is 285 g/mol. The van der Waals surface area contributed by atoms with Gasteiger partial charge in [0.1, 0.15) is 0 Å². The summed E-state index contributed by atoms with van der Waals surface area (Å²) >= 11 is 5.48. The summed E-state index contributed by atoms with van der Waals surface area (Å²) in [7, 11) is 0. The van der Waals surface area contributed by atoms with Crippen molar-refractivity contribution in [3.8, 4) is 0 Å². The molecule has 1 aliphatic heterocycles. The Balaban J connectivity index is 1.92. The SMILES string of the molecule is NC(Cc1ccc(Br)cc1)C1CCCS1. The normalized spacial score (nSPS) is 22.9. The number of hydrogen-bond acceptors (Lipinski definition) is 2. The number of thioether (sulfide) groups is 1. The second-order valence-electron chi connectivity index (χ2n) is 4.05. The molecule has 1 aromatic carbocycles. The van der Waals surface area contributed by atoms with Crippen molar-refractivity contribution < 1.29 is 0 Å². The summed E-state index contributed by atoms with van der Waals surface area (Å²) in [6, 6.07) is 8.81. The predicted molar refractivity (Wildman–Crippen MR) is 71.3 cm³/mol. The molecule has 2 unspecified atom stereocenters. The molecule has 1 fully saturated rings. The molecular weight excluding hydrogens is 270 g/mol. The number of hydrogen-bond donors (Lipinski definition) is 1. The van der Waals surface area contributed by atoms with Crippen LogP contribution in [0.3, 0.4) is 0 Å². The van der Waals surface area contributed by atoms with Crippen molar-refractivity contribution >= 4 is 27.7 Å². The summed E-state index contributed by atoms with van der Waals surface area (Å²) in [4.78, 5) is 0. The van der Waals surface area contributed by atoms with Crippen molar-refractivity contribution in [2.45, 2.75) is 30.6 Å². The van der Waals surface area contributed by atoms with Crippen LogP contribution in [0.15, 0.2) is 28.7 Å². The van der Waals surface area contributed by atoms with E-state index in [2.05, 4.69) is 40.2 Å². The minimum absolute atomic E-state index is 0.318. The third-order valence-corrected chi connectivity index (χ3v) is 4.89. The van der Waals surface area contributed by atoms with Crippen molar-refractivity contribution in [1.29, 1.82) is 0 Å². The van der Waals surface area contributed by atoms with Crippen LogP contribution in [0.1, 0.15) is 18.4 Å². The van der Waals surface area contributed by atoms with Gasteiger partial charge in [-0.25, -0.2) is 0 Å². The van der Waals surface area contributed by atoms with E-state index in [1.807, 2.05) is 11.8 Å². The lowest BCUT2D eigenvalue weighted by atomic mass is 10.0. The zero-order chi connectivity index (χ0) is 10.7. The predicted octanol–water partition coefficient (Wildman–Crippen LogP) is 3.21. The van der Waals surface area contributed by atoms with Gasteiger partial charge in [-0.1, -0.05) is 28.1 Å². The van der Waals surface area contributed by atoms with Crippen molar-refractivity contribution in [2.75, 3.05) is 5.75 Å². The van der Waals surface area contributed by atoms with E-state index in [1.54, 1.807) is 0 Å². The van der Waals surface area contributed by atoms with E-state index in [1.165, 1.54) is 24.2 Å². The summed E-state index contributed by atoms with van der Waals surface area (Å²) in [6.07, 6.45) is 3.64. The first-order valence-electron chi connectivity index (χ1n) is 5.37. The van der Waals surface area contributed by atoms with Crippen LogP contribution < -0.4 is 5.73 Å². The molecule has 0 bridgehead atoms. The highest BCUT2D eigenvalue weighted by Gasteiger charge is 2.22. The van der Waals surface area contributed by atoms with E-state index in [0.29, 0.717) is 11.3 Å². The second-order valence-corrected chi connectivity index (χ2v) is 6.31. The lowest BCUT2D eigenvalue weighted by molar-refractivity contribution is 0.609. The Kier molecular flexibility index (Phi) is 4.12.